The van der Waals surface area contributed by atoms with E-state index < -0.39 is 6.23 Å². The molecule has 1 saturated heterocycles. The van der Waals surface area contributed by atoms with Gasteiger partial charge >= 0.3 is 0 Å². The number of piperazine rings is 1. The van der Waals surface area contributed by atoms with Gasteiger partial charge in [0, 0.05) is 43.5 Å². The summed E-state index contributed by atoms with van der Waals surface area (Å²) in [6.07, 6.45) is 4.50. The lowest BCUT2D eigenvalue weighted by Gasteiger charge is -2.35. The second kappa shape index (κ2) is 8.64. The summed E-state index contributed by atoms with van der Waals surface area (Å²) >= 11 is 0. The van der Waals surface area contributed by atoms with Crippen molar-refractivity contribution >= 4 is 5.65 Å². The largest absolute Gasteiger partial charge is 0.507 e. The topological polar surface area (TPSA) is 101 Å². The maximum Gasteiger partial charge on any atom is 0.155 e. The molecule has 8 nitrogen and oxygen atoms in total. The van der Waals surface area contributed by atoms with Gasteiger partial charge in [-0.25, -0.2) is 4.98 Å². The fourth-order valence-electron chi connectivity index (χ4n) is 4.16. The standard InChI is InChI=1S/C25H24N6O2/c1-29-8-10-30(11-9-29)25(33)19-6-7-20(23(32)12-19)21-16-31-22(14-28-24(31)15-27-21)18-4-2-17(13-26)3-5-18/h2-7,12,14-16,25,32-33H,8-11H2,1H3. The molecule has 1 aliphatic rings. The Morgan fingerprint density at radius 3 is 2.45 bits per heavy atom. The summed E-state index contributed by atoms with van der Waals surface area (Å²) in [7, 11) is 2.07. The van der Waals surface area contributed by atoms with E-state index in [1.807, 2.05) is 33.7 Å². The molecule has 2 N–H and O–H groups in total. The first-order valence-corrected chi connectivity index (χ1v) is 10.8. The van der Waals surface area contributed by atoms with Gasteiger partial charge in [0.05, 0.1) is 35.4 Å². The number of rotatable bonds is 4. The summed E-state index contributed by atoms with van der Waals surface area (Å²) < 4.78 is 1.91. The number of aliphatic hydroxyl groups is 1. The molecule has 0 saturated carbocycles. The molecule has 0 spiro atoms. The van der Waals surface area contributed by atoms with E-state index >= 15 is 0 Å². The average molecular weight is 441 g/mol. The van der Waals surface area contributed by atoms with Crippen molar-refractivity contribution in [2.75, 3.05) is 33.2 Å². The van der Waals surface area contributed by atoms with Gasteiger partial charge in [-0.2, -0.15) is 5.26 Å². The number of aliphatic hydroxyl groups excluding tert-OH is 1. The smallest absolute Gasteiger partial charge is 0.155 e. The Hall–Kier alpha value is -3.77. The lowest BCUT2D eigenvalue weighted by atomic mass is 10.1. The average Bonchev–Trinajstić information content (AvgIpc) is 3.27. The highest BCUT2D eigenvalue weighted by Gasteiger charge is 2.23. The van der Waals surface area contributed by atoms with Crippen molar-refractivity contribution in [1.29, 1.82) is 5.26 Å². The molecule has 33 heavy (non-hydrogen) atoms. The van der Waals surface area contributed by atoms with Crippen LogP contribution in [0.1, 0.15) is 17.4 Å². The van der Waals surface area contributed by atoms with Crippen LogP contribution in [0.2, 0.25) is 0 Å². The van der Waals surface area contributed by atoms with Crippen LogP contribution in [0.3, 0.4) is 0 Å². The molecule has 0 aliphatic carbocycles. The molecule has 0 bridgehead atoms. The van der Waals surface area contributed by atoms with Crippen LogP contribution >= 0.6 is 0 Å². The third kappa shape index (κ3) is 4.05. The number of phenols is 1. The van der Waals surface area contributed by atoms with Gasteiger partial charge in [0.25, 0.3) is 0 Å². The number of likely N-dealkylation sites (N-methyl/N-ethyl adjacent to an activating group) is 1. The minimum absolute atomic E-state index is 0.0626. The monoisotopic (exact) mass is 440 g/mol. The molecule has 166 valence electrons. The van der Waals surface area contributed by atoms with Gasteiger partial charge in [-0.1, -0.05) is 18.2 Å². The van der Waals surface area contributed by atoms with Crippen molar-refractivity contribution in [1.82, 2.24) is 24.2 Å². The summed E-state index contributed by atoms with van der Waals surface area (Å²) in [6, 6.07) is 14.7. The van der Waals surface area contributed by atoms with Crippen LogP contribution in [0.25, 0.3) is 28.2 Å². The van der Waals surface area contributed by atoms with Gasteiger partial charge in [-0.05, 0) is 36.9 Å². The maximum absolute atomic E-state index is 10.8. The molecule has 2 aromatic carbocycles. The number of hydrogen-bond acceptors (Lipinski definition) is 7. The summed E-state index contributed by atoms with van der Waals surface area (Å²) in [5.74, 6) is 0.0626. The molecule has 1 atom stereocenters. The normalized spacial score (nSPS) is 16.0. The first-order chi connectivity index (χ1) is 16.0. The van der Waals surface area contributed by atoms with Crippen LogP contribution < -0.4 is 0 Å². The van der Waals surface area contributed by atoms with Crippen molar-refractivity contribution in [2.45, 2.75) is 6.23 Å². The number of phenolic OH excluding ortho intramolecular Hbond substituents is 1. The van der Waals surface area contributed by atoms with Crippen LogP contribution in [0, 0.1) is 11.3 Å². The van der Waals surface area contributed by atoms with Gasteiger partial charge in [-0.15, -0.1) is 0 Å². The third-order valence-corrected chi connectivity index (χ3v) is 6.19. The molecule has 1 unspecified atom stereocenters. The summed E-state index contributed by atoms with van der Waals surface area (Å²) in [4.78, 5) is 13.1. The van der Waals surface area contributed by atoms with E-state index in [-0.39, 0.29) is 5.75 Å². The zero-order chi connectivity index (χ0) is 22.9. The Morgan fingerprint density at radius 1 is 1.00 bits per heavy atom. The minimum atomic E-state index is -0.759. The molecular weight excluding hydrogens is 416 g/mol. The van der Waals surface area contributed by atoms with E-state index in [0.717, 1.165) is 37.4 Å². The third-order valence-electron chi connectivity index (χ3n) is 6.19. The lowest BCUT2D eigenvalue weighted by molar-refractivity contribution is -0.0233. The van der Waals surface area contributed by atoms with E-state index in [1.54, 1.807) is 36.7 Å². The highest BCUT2D eigenvalue weighted by molar-refractivity contribution is 5.70. The van der Waals surface area contributed by atoms with Crippen molar-refractivity contribution in [3.05, 3.63) is 72.2 Å². The molecule has 0 radical (unpaired) electrons. The number of nitrogens with zero attached hydrogens (tertiary/aromatic N) is 6. The van der Waals surface area contributed by atoms with Crippen molar-refractivity contribution in [3.8, 4) is 34.3 Å². The number of imidazole rings is 1. The predicted molar refractivity (Wildman–Crippen MR) is 124 cm³/mol. The molecule has 2 aromatic heterocycles. The Morgan fingerprint density at radius 2 is 1.76 bits per heavy atom. The molecule has 3 heterocycles. The highest BCUT2D eigenvalue weighted by atomic mass is 16.3. The van der Waals surface area contributed by atoms with Crippen LogP contribution in [0.4, 0.5) is 0 Å². The second-order valence-electron chi connectivity index (χ2n) is 8.32. The number of aromatic hydroxyl groups is 1. The van der Waals surface area contributed by atoms with E-state index in [2.05, 4.69) is 28.0 Å². The Kier molecular flexibility index (Phi) is 5.52. The van der Waals surface area contributed by atoms with Gasteiger partial charge < -0.3 is 15.1 Å². The van der Waals surface area contributed by atoms with Gasteiger partial charge in [0.2, 0.25) is 0 Å². The highest BCUT2D eigenvalue weighted by Crippen LogP contribution is 2.32. The quantitative estimate of drug-likeness (QED) is 0.503. The molecular formula is C25H24N6O2. The zero-order valence-electron chi connectivity index (χ0n) is 18.3. The van der Waals surface area contributed by atoms with Crippen LogP contribution in [-0.4, -0.2) is 67.6 Å². The molecule has 0 amide bonds. The van der Waals surface area contributed by atoms with Crippen LogP contribution in [0.5, 0.6) is 5.75 Å². The fraction of sp³-hybridized carbons (Fsp3) is 0.240. The molecule has 8 heteroatoms. The maximum atomic E-state index is 10.8. The summed E-state index contributed by atoms with van der Waals surface area (Å²) in [5, 5.41) is 30.6. The fourth-order valence-corrected chi connectivity index (χ4v) is 4.16. The lowest BCUT2D eigenvalue weighted by Crippen LogP contribution is -2.45. The van der Waals surface area contributed by atoms with Crippen molar-refractivity contribution in [3.63, 3.8) is 0 Å². The van der Waals surface area contributed by atoms with Gasteiger partial charge in [0.15, 0.2) is 5.65 Å². The Bertz CT molecular complexity index is 1330. The number of nitriles is 1. The van der Waals surface area contributed by atoms with E-state index in [0.29, 0.717) is 28.0 Å². The summed E-state index contributed by atoms with van der Waals surface area (Å²) in [6.45, 7) is 3.35. The molecule has 4 aromatic rings. The predicted octanol–water partition coefficient (Wildman–Crippen LogP) is 2.88. The minimum Gasteiger partial charge on any atom is -0.507 e. The van der Waals surface area contributed by atoms with E-state index in [1.165, 1.54) is 0 Å². The second-order valence-corrected chi connectivity index (χ2v) is 8.32. The van der Waals surface area contributed by atoms with Crippen LogP contribution in [-0.2, 0) is 0 Å². The number of aromatic nitrogens is 3. The first kappa shape index (κ1) is 21.1. The van der Waals surface area contributed by atoms with E-state index in [4.69, 9.17) is 5.26 Å². The number of fused-ring (bicyclic) bond motifs is 1. The molecule has 1 fully saturated rings. The van der Waals surface area contributed by atoms with Crippen molar-refractivity contribution < 1.29 is 10.2 Å². The summed E-state index contributed by atoms with van der Waals surface area (Å²) in [5.41, 5.74) is 4.88. The first-order valence-electron chi connectivity index (χ1n) is 10.8. The molecule has 5 rings (SSSR count). The number of hydrogen-bond donors (Lipinski definition) is 2. The Balaban J connectivity index is 1.46. The zero-order valence-corrected chi connectivity index (χ0v) is 18.3. The molecule has 1 aliphatic heterocycles. The Labute approximate surface area is 191 Å². The van der Waals surface area contributed by atoms with E-state index in [9.17, 15) is 10.2 Å². The number of benzene rings is 2. The van der Waals surface area contributed by atoms with Gasteiger partial charge in [0.1, 0.15) is 12.0 Å². The van der Waals surface area contributed by atoms with Crippen LogP contribution in [0.15, 0.2) is 61.1 Å². The van der Waals surface area contributed by atoms with Gasteiger partial charge in [-0.3, -0.25) is 14.3 Å². The SMILES string of the molecule is CN1CCN(C(O)c2ccc(-c3cn4c(-c5ccc(C#N)cc5)cnc4cn3)c(O)c2)CC1. The van der Waals surface area contributed by atoms with Crippen molar-refractivity contribution in [2.24, 2.45) is 0 Å².